The fourth-order valence-electron chi connectivity index (χ4n) is 2.06. The summed E-state index contributed by atoms with van der Waals surface area (Å²) < 4.78 is 18.2. The first-order valence-corrected chi connectivity index (χ1v) is 6.89. The minimum absolute atomic E-state index is 0.0712. The molecule has 0 aliphatic carbocycles. The maximum Gasteiger partial charge on any atom is 0.338 e. The van der Waals surface area contributed by atoms with Gasteiger partial charge in [-0.25, -0.2) is 9.18 Å². The van der Waals surface area contributed by atoms with Gasteiger partial charge in [0.05, 0.1) is 12.2 Å². The van der Waals surface area contributed by atoms with Crippen molar-refractivity contribution in [2.75, 3.05) is 11.9 Å². The van der Waals surface area contributed by atoms with E-state index in [2.05, 4.69) is 5.32 Å². The van der Waals surface area contributed by atoms with Crippen molar-refractivity contribution in [1.29, 1.82) is 0 Å². The summed E-state index contributed by atoms with van der Waals surface area (Å²) in [5.74, 6) is -0.610. The predicted molar refractivity (Wildman–Crippen MR) is 80.8 cm³/mol. The van der Waals surface area contributed by atoms with Crippen LogP contribution in [0.3, 0.4) is 0 Å². The number of carbonyl (C=O) groups excluding carboxylic acids is 1. The van der Waals surface area contributed by atoms with Crippen LogP contribution in [0.4, 0.5) is 10.1 Å². The highest BCUT2D eigenvalue weighted by Gasteiger charge is 2.09. The van der Waals surface area contributed by atoms with Crippen LogP contribution < -0.4 is 5.32 Å². The molecule has 0 amide bonds. The zero-order valence-electron chi connectivity index (χ0n) is 12.1. The Bertz CT molecular complexity index is 628. The van der Waals surface area contributed by atoms with Gasteiger partial charge in [0.1, 0.15) is 5.82 Å². The van der Waals surface area contributed by atoms with E-state index in [1.54, 1.807) is 31.2 Å². The number of rotatable bonds is 5. The van der Waals surface area contributed by atoms with Gasteiger partial charge in [-0.2, -0.15) is 0 Å². The maximum atomic E-state index is 13.2. The van der Waals surface area contributed by atoms with Gasteiger partial charge in [-0.15, -0.1) is 0 Å². The van der Waals surface area contributed by atoms with Gasteiger partial charge in [-0.05, 0) is 49.7 Å². The second-order valence-electron chi connectivity index (χ2n) is 4.72. The third-order valence-electron chi connectivity index (χ3n) is 3.11. The number of esters is 1. The fourth-order valence-corrected chi connectivity index (χ4v) is 2.06. The van der Waals surface area contributed by atoms with Crippen molar-refractivity contribution in [3.63, 3.8) is 0 Å². The summed E-state index contributed by atoms with van der Waals surface area (Å²) in [6.45, 7) is 4.05. The largest absolute Gasteiger partial charge is 0.462 e. The van der Waals surface area contributed by atoms with Crippen LogP contribution in [0, 0.1) is 5.82 Å². The van der Waals surface area contributed by atoms with Gasteiger partial charge in [0, 0.05) is 11.7 Å². The fraction of sp³-hybridized carbons (Fsp3) is 0.235. The molecule has 2 aromatic carbocycles. The van der Waals surface area contributed by atoms with E-state index in [1.165, 1.54) is 12.1 Å². The van der Waals surface area contributed by atoms with Crippen LogP contribution in [0.15, 0.2) is 48.5 Å². The summed E-state index contributed by atoms with van der Waals surface area (Å²) in [5.41, 5.74) is 2.13. The molecule has 0 saturated carbocycles. The van der Waals surface area contributed by atoms with Crippen LogP contribution in [0.25, 0.3) is 0 Å². The molecule has 3 nitrogen and oxygen atoms in total. The van der Waals surface area contributed by atoms with Gasteiger partial charge in [-0.1, -0.05) is 18.2 Å². The first-order valence-electron chi connectivity index (χ1n) is 6.89. The SMILES string of the molecule is CCOC(=O)c1cccc(NC(C)c2cccc(F)c2)c1. The maximum absolute atomic E-state index is 13.2. The van der Waals surface area contributed by atoms with Crippen molar-refractivity contribution < 1.29 is 13.9 Å². The summed E-state index contributed by atoms with van der Waals surface area (Å²) in [6, 6.07) is 13.5. The molecule has 0 radical (unpaired) electrons. The van der Waals surface area contributed by atoms with Crippen LogP contribution in [-0.4, -0.2) is 12.6 Å². The van der Waals surface area contributed by atoms with E-state index in [1.807, 2.05) is 19.1 Å². The molecule has 2 rings (SSSR count). The Morgan fingerprint density at radius 2 is 2.00 bits per heavy atom. The average molecular weight is 287 g/mol. The highest BCUT2D eigenvalue weighted by molar-refractivity contribution is 5.90. The number of nitrogens with one attached hydrogen (secondary N) is 1. The van der Waals surface area contributed by atoms with Crippen molar-refractivity contribution in [3.8, 4) is 0 Å². The number of anilines is 1. The van der Waals surface area contributed by atoms with E-state index in [4.69, 9.17) is 4.74 Å². The Morgan fingerprint density at radius 3 is 2.71 bits per heavy atom. The molecule has 1 N–H and O–H groups in total. The van der Waals surface area contributed by atoms with E-state index in [-0.39, 0.29) is 17.8 Å². The van der Waals surface area contributed by atoms with E-state index in [0.29, 0.717) is 12.2 Å². The lowest BCUT2D eigenvalue weighted by Crippen LogP contribution is -2.09. The van der Waals surface area contributed by atoms with Crippen molar-refractivity contribution in [1.82, 2.24) is 0 Å². The molecule has 0 heterocycles. The van der Waals surface area contributed by atoms with Gasteiger partial charge in [0.15, 0.2) is 0 Å². The minimum Gasteiger partial charge on any atom is -0.462 e. The summed E-state index contributed by atoms with van der Waals surface area (Å²) in [6.07, 6.45) is 0. The van der Waals surface area contributed by atoms with E-state index >= 15 is 0 Å². The molecule has 0 bridgehead atoms. The molecule has 0 aromatic heterocycles. The monoisotopic (exact) mass is 287 g/mol. The molecular formula is C17H18FNO2. The molecule has 0 fully saturated rings. The highest BCUT2D eigenvalue weighted by atomic mass is 19.1. The van der Waals surface area contributed by atoms with Gasteiger partial charge in [0.2, 0.25) is 0 Å². The quantitative estimate of drug-likeness (QED) is 0.839. The number of hydrogen-bond donors (Lipinski definition) is 1. The molecule has 0 aliphatic heterocycles. The third-order valence-corrected chi connectivity index (χ3v) is 3.11. The number of benzene rings is 2. The molecular weight excluding hydrogens is 269 g/mol. The Morgan fingerprint density at radius 1 is 1.24 bits per heavy atom. The zero-order chi connectivity index (χ0) is 15.2. The lowest BCUT2D eigenvalue weighted by molar-refractivity contribution is 0.0526. The molecule has 21 heavy (non-hydrogen) atoms. The van der Waals surface area contributed by atoms with Gasteiger partial charge < -0.3 is 10.1 Å². The molecule has 4 heteroatoms. The second-order valence-corrected chi connectivity index (χ2v) is 4.72. The van der Waals surface area contributed by atoms with Crippen LogP contribution >= 0.6 is 0 Å². The lowest BCUT2D eigenvalue weighted by Gasteiger charge is -2.16. The Hall–Kier alpha value is -2.36. The topological polar surface area (TPSA) is 38.3 Å². The number of carbonyl (C=O) groups is 1. The number of halogens is 1. The Labute approximate surface area is 123 Å². The van der Waals surface area contributed by atoms with Crippen molar-refractivity contribution in [2.24, 2.45) is 0 Å². The summed E-state index contributed by atoms with van der Waals surface area (Å²) >= 11 is 0. The predicted octanol–water partition coefficient (Wildman–Crippen LogP) is 4.18. The number of hydrogen-bond acceptors (Lipinski definition) is 3. The van der Waals surface area contributed by atoms with E-state index in [9.17, 15) is 9.18 Å². The molecule has 0 spiro atoms. The molecule has 0 saturated heterocycles. The first kappa shape index (κ1) is 15.0. The standard InChI is InChI=1S/C17H18FNO2/c1-3-21-17(20)14-7-5-9-16(11-14)19-12(2)13-6-4-8-15(18)10-13/h4-12,19H,3H2,1-2H3. The first-order chi connectivity index (χ1) is 10.1. The van der Waals surface area contributed by atoms with Crippen LogP contribution in [0.5, 0.6) is 0 Å². The van der Waals surface area contributed by atoms with Crippen LogP contribution in [0.1, 0.15) is 35.8 Å². The molecule has 0 aliphatic rings. The van der Waals surface area contributed by atoms with Crippen molar-refractivity contribution in [2.45, 2.75) is 19.9 Å². The molecule has 110 valence electrons. The smallest absolute Gasteiger partial charge is 0.338 e. The van der Waals surface area contributed by atoms with Crippen LogP contribution in [-0.2, 0) is 4.74 Å². The van der Waals surface area contributed by atoms with Crippen molar-refractivity contribution >= 4 is 11.7 Å². The second kappa shape index (κ2) is 6.88. The highest BCUT2D eigenvalue weighted by Crippen LogP contribution is 2.21. The summed E-state index contributed by atoms with van der Waals surface area (Å²) in [7, 11) is 0. The van der Waals surface area contributed by atoms with E-state index < -0.39 is 0 Å². The Kier molecular flexibility index (Phi) is 4.93. The van der Waals surface area contributed by atoms with Gasteiger partial charge >= 0.3 is 5.97 Å². The normalized spacial score (nSPS) is 11.8. The van der Waals surface area contributed by atoms with Crippen LogP contribution in [0.2, 0.25) is 0 Å². The van der Waals surface area contributed by atoms with E-state index in [0.717, 1.165) is 11.3 Å². The minimum atomic E-state index is -0.348. The summed E-state index contributed by atoms with van der Waals surface area (Å²) in [4.78, 5) is 11.7. The van der Waals surface area contributed by atoms with Gasteiger partial charge in [-0.3, -0.25) is 0 Å². The van der Waals surface area contributed by atoms with Gasteiger partial charge in [0.25, 0.3) is 0 Å². The molecule has 2 aromatic rings. The molecule has 1 unspecified atom stereocenters. The average Bonchev–Trinajstić information content (AvgIpc) is 2.48. The molecule has 1 atom stereocenters. The Balaban J connectivity index is 2.12. The number of ether oxygens (including phenoxy) is 1. The zero-order valence-corrected chi connectivity index (χ0v) is 12.1. The summed E-state index contributed by atoms with van der Waals surface area (Å²) in [5, 5.41) is 3.25. The third kappa shape index (κ3) is 4.05. The van der Waals surface area contributed by atoms with Crippen molar-refractivity contribution in [3.05, 3.63) is 65.5 Å². The lowest BCUT2D eigenvalue weighted by atomic mass is 10.1.